The summed E-state index contributed by atoms with van der Waals surface area (Å²) in [5.74, 6) is 0.924. The summed E-state index contributed by atoms with van der Waals surface area (Å²) in [6.07, 6.45) is 1.79. The van der Waals surface area contributed by atoms with Crippen LogP contribution in [0.2, 0.25) is 0 Å². The maximum Gasteiger partial charge on any atom is 0.160 e. The van der Waals surface area contributed by atoms with Gasteiger partial charge >= 0.3 is 0 Å². The van der Waals surface area contributed by atoms with Gasteiger partial charge in [-0.1, -0.05) is 18.2 Å². The highest BCUT2D eigenvalue weighted by atomic mass is 32.1. The predicted octanol–water partition coefficient (Wildman–Crippen LogP) is 3.64. The van der Waals surface area contributed by atoms with Crippen molar-refractivity contribution >= 4 is 22.6 Å². The third-order valence-electron chi connectivity index (χ3n) is 3.45. The van der Waals surface area contributed by atoms with Gasteiger partial charge in [0.15, 0.2) is 6.29 Å². The Labute approximate surface area is 123 Å². The summed E-state index contributed by atoms with van der Waals surface area (Å²) in [5.41, 5.74) is 1.20. The van der Waals surface area contributed by atoms with Crippen LogP contribution in [-0.2, 0) is 6.42 Å². The molecule has 0 spiro atoms. The van der Waals surface area contributed by atoms with Gasteiger partial charge < -0.3 is 9.64 Å². The Morgan fingerprint density at radius 1 is 1.30 bits per heavy atom. The number of likely N-dealkylation sites (N-methyl/N-ethyl adjacent to an activating group) is 1. The minimum absolute atomic E-state index is 0.324. The highest BCUT2D eigenvalue weighted by molar-refractivity contribution is 7.17. The highest BCUT2D eigenvalue weighted by Crippen LogP contribution is 2.27. The molecule has 2 aromatic rings. The number of benzene rings is 1. The quantitative estimate of drug-likeness (QED) is 0.760. The van der Waals surface area contributed by atoms with Crippen molar-refractivity contribution < 1.29 is 9.53 Å². The van der Waals surface area contributed by atoms with Gasteiger partial charge in [-0.05, 0) is 37.1 Å². The van der Waals surface area contributed by atoms with E-state index in [0.717, 1.165) is 28.3 Å². The van der Waals surface area contributed by atoms with E-state index < -0.39 is 0 Å². The molecule has 1 aromatic carbocycles. The van der Waals surface area contributed by atoms with Crippen molar-refractivity contribution in [3.63, 3.8) is 0 Å². The number of para-hydroxylation sites is 1. The molecule has 0 N–H and O–H groups in total. The van der Waals surface area contributed by atoms with Crippen molar-refractivity contribution in [3.05, 3.63) is 46.8 Å². The average molecular weight is 289 g/mol. The number of ether oxygens (including phenoxy) is 1. The second-order valence-electron chi connectivity index (χ2n) is 4.77. The fourth-order valence-electron chi connectivity index (χ4n) is 2.14. The SMILES string of the molecule is COc1ccccc1CC(C)N(C)c1ccc(C=O)s1. The molecule has 20 heavy (non-hydrogen) atoms. The molecule has 0 radical (unpaired) electrons. The smallest absolute Gasteiger partial charge is 0.160 e. The lowest BCUT2D eigenvalue weighted by molar-refractivity contribution is 0.112. The van der Waals surface area contributed by atoms with Gasteiger partial charge in [0.25, 0.3) is 0 Å². The lowest BCUT2D eigenvalue weighted by Crippen LogP contribution is -2.30. The average Bonchev–Trinajstić information content (AvgIpc) is 2.95. The number of hydrogen-bond donors (Lipinski definition) is 0. The zero-order chi connectivity index (χ0) is 14.5. The minimum atomic E-state index is 0.324. The van der Waals surface area contributed by atoms with E-state index in [-0.39, 0.29) is 0 Å². The normalized spacial score (nSPS) is 11.9. The molecule has 0 bridgehead atoms. The van der Waals surface area contributed by atoms with Crippen LogP contribution in [0.4, 0.5) is 5.00 Å². The van der Waals surface area contributed by atoms with E-state index in [1.165, 1.54) is 16.9 Å². The van der Waals surface area contributed by atoms with Crippen LogP contribution in [0.15, 0.2) is 36.4 Å². The van der Waals surface area contributed by atoms with E-state index in [2.05, 4.69) is 24.9 Å². The Morgan fingerprint density at radius 2 is 2.05 bits per heavy atom. The van der Waals surface area contributed by atoms with Crippen molar-refractivity contribution in [2.45, 2.75) is 19.4 Å². The Balaban J connectivity index is 2.10. The van der Waals surface area contributed by atoms with Crippen molar-refractivity contribution in [1.82, 2.24) is 0 Å². The summed E-state index contributed by atoms with van der Waals surface area (Å²) >= 11 is 1.52. The summed E-state index contributed by atoms with van der Waals surface area (Å²) in [5, 5.41) is 1.11. The monoisotopic (exact) mass is 289 g/mol. The number of carbonyl (C=O) groups is 1. The topological polar surface area (TPSA) is 29.5 Å². The fraction of sp³-hybridized carbons (Fsp3) is 0.312. The van der Waals surface area contributed by atoms with E-state index in [4.69, 9.17) is 4.74 Å². The molecule has 3 nitrogen and oxygen atoms in total. The molecule has 0 fully saturated rings. The van der Waals surface area contributed by atoms with E-state index >= 15 is 0 Å². The first-order chi connectivity index (χ1) is 9.65. The van der Waals surface area contributed by atoms with Gasteiger partial charge in [-0.3, -0.25) is 4.79 Å². The lowest BCUT2D eigenvalue weighted by Gasteiger charge is -2.26. The number of methoxy groups -OCH3 is 1. The molecule has 0 saturated carbocycles. The van der Waals surface area contributed by atoms with Crippen LogP contribution in [-0.4, -0.2) is 26.5 Å². The molecule has 0 aliphatic heterocycles. The Kier molecular flexibility index (Phi) is 4.79. The number of hydrogen-bond acceptors (Lipinski definition) is 4. The second kappa shape index (κ2) is 6.57. The molecule has 106 valence electrons. The molecule has 2 rings (SSSR count). The van der Waals surface area contributed by atoms with Gasteiger partial charge in [-0.2, -0.15) is 0 Å². The zero-order valence-electron chi connectivity index (χ0n) is 12.0. The minimum Gasteiger partial charge on any atom is -0.496 e. The number of rotatable bonds is 6. The van der Waals surface area contributed by atoms with Crippen LogP contribution < -0.4 is 9.64 Å². The van der Waals surface area contributed by atoms with Gasteiger partial charge in [0.05, 0.1) is 17.0 Å². The summed E-state index contributed by atoms with van der Waals surface area (Å²) < 4.78 is 5.39. The Bertz CT molecular complexity index is 579. The molecule has 1 unspecified atom stereocenters. The maximum atomic E-state index is 10.8. The van der Waals surface area contributed by atoms with Crippen LogP contribution in [0.25, 0.3) is 0 Å². The molecule has 0 aliphatic carbocycles. The third-order valence-corrected chi connectivity index (χ3v) is 4.55. The van der Waals surface area contributed by atoms with Gasteiger partial charge in [0.1, 0.15) is 5.75 Å². The molecule has 4 heteroatoms. The van der Waals surface area contributed by atoms with E-state index in [9.17, 15) is 4.79 Å². The summed E-state index contributed by atoms with van der Waals surface area (Å²) in [7, 11) is 3.75. The first kappa shape index (κ1) is 14.6. The van der Waals surface area contributed by atoms with E-state index in [1.54, 1.807) is 7.11 Å². The predicted molar refractivity (Wildman–Crippen MR) is 84.3 cm³/mol. The molecular formula is C16H19NO2S. The van der Waals surface area contributed by atoms with Crippen molar-refractivity contribution in [2.75, 3.05) is 19.1 Å². The van der Waals surface area contributed by atoms with Crippen molar-refractivity contribution in [1.29, 1.82) is 0 Å². The maximum absolute atomic E-state index is 10.8. The van der Waals surface area contributed by atoms with Crippen LogP contribution in [0, 0.1) is 0 Å². The second-order valence-corrected chi connectivity index (χ2v) is 5.86. The molecule has 0 amide bonds. The van der Waals surface area contributed by atoms with Gasteiger partial charge in [0.2, 0.25) is 0 Å². The van der Waals surface area contributed by atoms with Gasteiger partial charge in [0, 0.05) is 13.1 Å². The van der Waals surface area contributed by atoms with Crippen LogP contribution in [0.1, 0.15) is 22.2 Å². The molecule has 0 saturated heterocycles. The van der Waals surface area contributed by atoms with Gasteiger partial charge in [-0.25, -0.2) is 0 Å². The van der Waals surface area contributed by atoms with Gasteiger partial charge in [-0.15, -0.1) is 11.3 Å². The molecule has 1 heterocycles. The molecule has 1 aromatic heterocycles. The molecule has 1 atom stereocenters. The molecule has 0 aliphatic rings. The van der Waals surface area contributed by atoms with Crippen LogP contribution >= 0.6 is 11.3 Å². The fourth-order valence-corrected chi connectivity index (χ4v) is 3.02. The lowest BCUT2D eigenvalue weighted by atomic mass is 10.1. The first-order valence-electron chi connectivity index (χ1n) is 6.55. The van der Waals surface area contributed by atoms with Crippen LogP contribution in [0.5, 0.6) is 5.75 Å². The number of aldehydes is 1. The number of carbonyl (C=O) groups excluding carboxylic acids is 1. The molecular weight excluding hydrogens is 270 g/mol. The summed E-state index contributed by atoms with van der Waals surface area (Å²) in [6.45, 7) is 2.17. The zero-order valence-corrected chi connectivity index (χ0v) is 12.8. The van der Waals surface area contributed by atoms with E-state index in [1.807, 2.05) is 30.3 Å². The van der Waals surface area contributed by atoms with Crippen molar-refractivity contribution in [3.8, 4) is 5.75 Å². The number of thiophene rings is 1. The Morgan fingerprint density at radius 3 is 2.70 bits per heavy atom. The first-order valence-corrected chi connectivity index (χ1v) is 7.37. The largest absolute Gasteiger partial charge is 0.496 e. The highest BCUT2D eigenvalue weighted by Gasteiger charge is 2.14. The van der Waals surface area contributed by atoms with Crippen LogP contribution in [0.3, 0.4) is 0 Å². The van der Waals surface area contributed by atoms with E-state index in [0.29, 0.717) is 6.04 Å². The number of anilines is 1. The third kappa shape index (κ3) is 3.20. The standard InChI is InChI=1S/C16H19NO2S/c1-12(10-13-6-4-5-7-15(13)19-3)17(2)16-9-8-14(11-18)20-16/h4-9,11-12H,10H2,1-3H3. The Hall–Kier alpha value is -1.81. The van der Waals surface area contributed by atoms with Crippen molar-refractivity contribution in [2.24, 2.45) is 0 Å². The summed E-state index contributed by atoms with van der Waals surface area (Å²) in [4.78, 5) is 13.7. The number of nitrogens with zero attached hydrogens (tertiary/aromatic N) is 1. The summed E-state index contributed by atoms with van der Waals surface area (Å²) in [6, 6.07) is 12.3.